The van der Waals surface area contributed by atoms with E-state index in [1.165, 1.54) is 11.8 Å². The van der Waals surface area contributed by atoms with E-state index in [-0.39, 0.29) is 18.3 Å². The predicted octanol–water partition coefficient (Wildman–Crippen LogP) is 5.85. The van der Waals surface area contributed by atoms with Crippen molar-refractivity contribution in [1.82, 2.24) is 14.8 Å². The first kappa shape index (κ1) is 22.9. The third-order valence-corrected chi connectivity index (χ3v) is 6.14. The third kappa shape index (κ3) is 5.74. The summed E-state index contributed by atoms with van der Waals surface area (Å²) in [4.78, 5) is 12.6. The van der Waals surface area contributed by atoms with E-state index in [1.54, 1.807) is 12.1 Å². The Hall–Kier alpha value is -3.29. The van der Waals surface area contributed by atoms with Crippen molar-refractivity contribution >= 4 is 35.0 Å². The molecule has 0 aliphatic heterocycles. The van der Waals surface area contributed by atoms with E-state index in [0.29, 0.717) is 21.8 Å². The van der Waals surface area contributed by atoms with Crippen LogP contribution in [0, 0.1) is 13.8 Å². The number of ether oxygens (including phenoxy) is 1. The van der Waals surface area contributed by atoms with Crippen LogP contribution >= 0.6 is 23.4 Å². The molecule has 0 atom stereocenters. The van der Waals surface area contributed by atoms with Crippen LogP contribution in [-0.4, -0.2) is 26.4 Å². The van der Waals surface area contributed by atoms with Crippen molar-refractivity contribution in [3.05, 3.63) is 94.8 Å². The number of aryl methyl sites for hydroxylation is 2. The Labute approximate surface area is 202 Å². The molecule has 1 aromatic heterocycles. The lowest BCUT2D eigenvalue weighted by Crippen LogP contribution is -2.15. The van der Waals surface area contributed by atoms with Gasteiger partial charge in [-0.05, 0) is 49.7 Å². The molecule has 6 nitrogen and oxygen atoms in total. The summed E-state index contributed by atoms with van der Waals surface area (Å²) in [5, 5.41) is 12.7. The number of anilines is 1. The highest BCUT2D eigenvalue weighted by molar-refractivity contribution is 7.99. The van der Waals surface area contributed by atoms with Gasteiger partial charge in [0.15, 0.2) is 11.0 Å². The van der Waals surface area contributed by atoms with E-state index in [0.717, 1.165) is 22.5 Å². The van der Waals surface area contributed by atoms with Gasteiger partial charge in [0, 0.05) is 11.4 Å². The Morgan fingerprint density at radius 1 is 1.03 bits per heavy atom. The molecule has 0 radical (unpaired) electrons. The number of nitrogens with one attached hydrogen (secondary N) is 1. The number of benzene rings is 3. The molecule has 0 bridgehead atoms. The minimum atomic E-state index is -0.108. The Morgan fingerprint density at radius 3 is 2.55 bits per heavy atom. The maximum Gasteiger partial charge on any atom is 0.234 e. The molecule has 1 heterocycles. The fraction of sp³-hybridized carbons (Fsp3) is 0.160. The summed E-state index contributed by atoms with van der Waals surface area (Å²) < 4.78 is 7.78. The van der Waals surface area contributed by atoms with Crippen molar-refractivity contribution < 1.29 is 9.53 Å². The van der Waals surface area contributed by atoms with Crippen LogP contribution in [0.1, 0.15) is 17.0 Å². The van der Waals surface area contributed by atoms with Crippen LogP contribution in [0.15, 0.2) is 78.0 Å². The molecule has 3 aromatic carbocycles. The van der Waals surface area contributed by atoms with Crippen molar-refractivity contribution in [3.63, 3.8) is 0 Å². The first-order valence-corrected chi connectivity index (χ1v) is 11.7. The number of carbonyl (C=O) groups is 1. The van der Waals surface area contributed by atoms with Crippen LogP contribution < -0.4 is 10.1 Å². The summed E-state index contributed by atoms with van der Waals surface area (Å²) in [6, 6.07) is 23.0. The number of para-hydroxylation sites is 2. The lowest BCUT2D eigenvalue weighted by molar-refractivity contribution is -0.113. The van der Waals surface area contributed by atoms with Crippen LogP contribution in [0.5, 0.6) is 5.75 Å². The number of halogens is 1. The lowest BCUT2D eigenvalue weighted by atomic mass is 10.1. The second-order valence-electron chi connectivity index (χ2n) is 7.44. The van der Waals surface area contributed by atoms with E-state index in [1.807, 2.05) is 79.1 Å². The highest BCUT2D eigenvalue weighted by Gasteiger charge is 2.17. The average Bonchev–Trinajstić information content (AvgIpc) is 3.22. The van der Waals surface area contributed by atoms with Gasteiger partial charge in [-0.25, -0.2) is 0 Å². The minimum absolute atomic E-state index is 0.108. The van der Waals surface area contributed by atoms with E-state index >= 15 is 0 Å². The largest absolute Gasteiger partial charge is 0.484 e. The monoisotopic (exact) mass is 478 g/mol. The normalized spacial score (nSPS) is 10.8. The predicted molar refractivity (Wildman–Crippen MR) is 132 cm³/mol. The molecule has 8 heteroatoms. The van der Waals surface area contributed by atoms with Crippen molar-refractivity contribution in [2.45, 2.75) is 25.6 Å². The molecule has 0 unspecified atom stereocenters. The van der Waals surface area contributed by atoms with Gasteiger partial charge in [0.1, 0.15) is 12.4 Å². The Morgan fingerprint density at radius 2 is 1.79 bits per heavy atom. The van der Waals surface area contributed by atoms with E-state index in [9.17, 15) is 4.79 Å². The first-order chi connectivity index (χ1) is 16.0. The van der Waals surface area contributed by atoms with Crippen molar-refractivity contribution in [2.24, 2.45) is 0 Å². The molecule has 1 amide bonds. The lowest BCUT2D eigenvalue weighted by Gasteiger charge is -2.12. The van der Waals surface area contributed by atoms with Gasteiger partial charge in [-0.15, -0.1) is 10.2 Å². The van der Waals surface area contributed by atoms with Crippen molar-refractivity contribution in [3.8, 4) is 11.4 Å². The second kappa shape index (κ2) is 10.6. The highest BCUT2D eigenvalue weighted by Crippen LogP contribution is 2.26. The number of nitrogens with zero attached hydrogens (tertiary/aromatic N) is 3. The molecule has 4 rings (SSSR count). The standard InChI is InChI=1S/C25H23ClN4O2S/c1-17-12-13-21(18(2)14-17)27-24(31)16-33-25-29-28-23(30(25)19-8-4-3-5-9-19)15-32-22-11-7-6-10-20(22)26/h3-14H,15-16H2,1-2H3,(H,27,31). The summed E-state index contributed by atoms with van der Waals surface area (Å²) in [6.07, 6.45) is 0. The molecule has 0 fully saturated rings. The molecule has 0 saturated carbocycles. The molecule has 1 N–H and O–H groups in total. The van der Waals surface area contributed by atoms with Crippen LogP contribution in [0.4, 0.5) is 5.69 Å². The molecular weight excluding hydrogens is 456 g/mol. The van der Waals surface area contributed by atoms with Gasteiger partial charge in [0.05, 0.1) is 10.8 Å². The van der Waals surface area contributed by atoms with Crippen molar-refractivity contribution in [1.29, 1.82) is 0 Å². The van der Waals surface area contributed by atoms with Crippen LogP contribution in [-0.2, 0) is 11.4 Å². The number of thioether (sulfide) groups is 1. The van der Waals surface area contributed by atoms with Gasteiger partial charge in [0.25, 0.3) is 0 Å². The zero-order valence-corrected chi connectivity index (χ0v) is 19.9. The Kier molecular flexibility index (Phi) is 7.32. The average molecular weight is 479 g/mol. The first-order valence-electron chi connectivity index (χ1n) is 10.4. The zero-order chi connectivity index (χ0) is 23.2. The maximum atomic E-state index is 12.6. The van der Waals surface area contributed by atoms with Gasteiger partial charge in [-0.2, -0.15) is 0 Å². The zero-order valence-electron chi connectivity index (χ0n) is 18.3. The summed E-state index contributed by atoms with van der Waals surface area (Å²) in [7, 11) is 0. The molecular formula is C25H23ClN4O2S. The van der Waals surface area contributed by atoms with E-state index in [2.05, 4.69) is 15.5 Å². The molecule has 0 spiro atoms. The number of hydrogen-bond donors (Lipinski definition) is 1. The molecule has 168 valence electrons. The third-order valence-electron chi connectivity index (χ3n) is 4.90. The SMILES string of the molecule is Cc1ccc(NC(=O)CSc2nnc(COc3ccccc3Cl)n2-c2ccccc2)c(C)c1. The van der Waals surface area contributed by atoms with Gasteiger partial charge >= 0.3 is 0 Å². The Balaban J connectivity index is 1.50. The van der Waals surface area contributed by atoms with Crippen LogP contribution in [0.25, 0.3) is 5.69 Å². The number of aromatic nitrogens is 3. The highest BCUT2D eigenvalue weighted by atomic mass is 35.5. The number of rotatable bonds is 8. The molecule has 33 heavy (non-hydrogen) atoms. The molecule has 4 aromatic rings. The fourth-order valence-corrected chi connectivity index (χ4v) is 4.26. The summed E-state index contributed by atoms with van der Waals surface area (Å²) in [5.41, 5.74) is 3.88. The van der Waals surface area contributed by atoms with Crippen LogP contribution in [0.3, 0.4) is 0 Å². The van der Waals surface area contributed by atoms with E-state index in [4.69, 9.17) is 16.3 Å². The van der Waals surface area contributed by atoms with Crippen LogP contribution in [0.2, 0.25) is 5.02 Å². The van der Waals surface area contributed by atoms with E-state index < -0.39 is 0 Å². The quantitative estimate of drug-likeness (QED) is 0.322. The van der Waals surface area contributed by atoms with Crippen molar-refractivity contribution in [2.75, 3.05) is 11.1 Å². The van der Waals surface area contributed by atoms with Gasteiger partial charge in [0.2, 0.25) is 5.91 Å². The molecule has 0 aliphatic carbocycles. The number of carbonyl (C=O) groups excluding carboxylic acids is 1. The molecule has 0 aliphatic rings. The number of amides is 1. The maximum absolute atomic E-state index is 12.6. The summed E-state index contributed by atoms with van der Waals surface area (Å²) >= 11 is 7.53. The smallest absolute Gasteiger partial charge is 0.234 e. The van der Waals surface area contributed by atoms with Gasteiger partial charge in [-0.1, -0.05) is 71.4 Å². The topological polar surface area (TPSA) is 69.0 Å². The fourth-order valence-electron chi connectivity index (χ4n) is 3.30. The minimum Gasteiger partial charge on any atom is -0.484 e. The number of hydrogen-bond acceptors (Lipinski definition) is 5. The Bertz CT molecular complexity index is 1260. The van der Waals surface area contributed by atoms with Gasteiger partial charge in [-0.3, -0.25) is 9.36 Å². The van der Waals surface area contributed by atoms with Gasteiger partial charge < -0.3 is 10.1 Å². The second-order valence-corrected chi connectivity index (χ2v) is 8.79. The summed E-state index contributed by atoms with van der Waals surface area (Å²) in [6.45, 7) is 4.19. The summed E-state index contributed by atoms with van der Waals surface area (Å²) in [5.74, 6) is 1.27. The molecule has 0 saturated heterocycles.